The van der Waals surface area contributed by atoms with Gasteiger partial charge in [-0.2, -0.15) is 0 Å². The Morgan fingerprint density at radius 2 is 0.778 bits per heavy atom. The molecule has 0 spiro atoms. The molecule has 0 bridgehead atoms. The fraction of sp³-hybridized carbons (Fsp3) is 0.741. The van der Waals surface area contributed by atoms with E-state index in [-0.39, 0.29) is 0 Å². The molecule has 2 saturated heterocycles. The van der Waals surface area contributed by atoms with Crippen molar-refractivity contribution in [1.29, 1.82) is 0 Å². The van der Waals surface area contributed by atoms with Crippen LogP contribution in [0.3, 0.4) is 0 Å². The quantitative estimate of drug-likeness (QED) is 0.187. The van der Waals surface area contributed by atoms with Crippen molar-refractivity contribution in [3.05, 3.63) is 0 Å². The van der Waals surface area contributed by atoms with Crippen LogP contribution in [0, 0.1) is 0 Å². The normalized spacial score (nSPS) is 31.0. The molecule has 0 aromatic carbocycles. The van der Waals surface area contributed by atoms with E-state index in [0.29, 0.717) is 0 Å². The van der Waals surface area contributed by atoms with Crippen LogP contribution in [-0.4, -0.2) is 124 Å². The van der Waals surface area contributed by atoms with Gasteiger partial charge < -0.3 is 52.1 Å². The lowest BCUT2D eigenvalue weighted by atomic mass is 9.96. The summed E-state index contributed by atoms with van der Waals surface area (Å²) in [6.45, 7) is 6.44. The van der Waals surface area contributed by atoms with Crippen LogP contribution in [0.15, 0.2) is 0 Å². The molecular formula is C27H38O18. The highest BCUT2D eigenvalue weighted by Crippen LogP contribution is 2.35. The number of hydrogen-bond donors (Lipinski definition) is 0. The van der Waals surface area contributed by atoms with Gasteiger partial charge >= 0.3 is 41.8 Å². The highest BCUT2D eigenvalue weighted by molar-refractivity contribution is 5.69. The van der Waals surface area contributed by atoms with Crippen LogP contribution in [-0.2, 0) is 85.7 Å². The second-order valence-electron chi connectivity index (χ2n) is 9.90. The molecule has 2 heterocycles. The molecule has 18 heteroatoms. The van der Waals surface area contributed by atoms with Crippen molar-refractivity contribution in [2.45, 2.75) is 110 Å². The van der Waals surface area contributed by atoms with Crippen molar-refractivity contribution < 1.29 is 85.7 Å². The Hall–Kier alpha value is -3.87. The number of esters is 7. The highest BCUT2D eigenvalue weighted by Gasteiger charge is 2.57. The minimum Gasteiger partial charge on any atom is -0.463 e. The maximum atomic E-state index is 12.2. The highest BCUT2D eigenvalue weighted by atomic mass is 16.8. The summed E-state index contributed by atoms with van der Waals surface area (Å²) in [6, 6.07) is 0. The summed E-state index contributed by atoms with van der Waals surface area (Å²) >= 11 is 0. The van der Waals surface area contributed by atoms with Crippen molar-refractivity contribution in [3.63, 3.8) is 0 Å². The van der Waals surface area contributed by atoms with Gasteiger partial charge in [0.05, 0.1) is 0 Å². The molecule has 2 rings (SSSR count). The zero-order valence-corrected chi connectivity index (χ0v) is 26.0. The van der Waals surface area contributed by atoms with E-state index in [2.05, 4.69) is 0 Å². The monoisotopic (exact) mass is 650 g/mol. The molecule has 2 aliphatic rings. The fourth-order valence-electron chi connectivity index (χ4n) is 4.66. The van der Waals surface area contributed by atoms with Crippen molar-refractivity contribution in [3.8, 4) is 0 Å². The smallest absolute Gasteiger partial charge is 0.303 e. The molecule has 2 aliphatic heterocycles. The van der Waals surface area contributed by atoms with Gasteiger partial charge in [0.15, 0.2) is 43.1 Å². The minimum atomic E-state index is -1.76. The standard InChI is InChI=1S/C27H38O18/c1-11(28)36-9-18-20(38-13(3)30)22(39-14(4)31)25(42-17(7)34)27(44-18)45-21-19(10-37-12(2)29)43-26(35-8)24(41-16(6)33)23(21)40-15(5)32/h18-27H,9-10H2,1-8H3/t18-,19-,20+,21-,22+,23+,24-,25-,26-,27+/m1/s1. The molecule has 0 saturated carbocycles. The number of ether oxygens (including phenoxy) is 11. The van der Waals surface area contributed by atoms with E-state index in [1.54, 1.807) is 0 Å². The molecule has 0 aromatic rings. The molecule has 0 aliphatic carbocycles. The van der Waals surface area contributed by atoms with Crippen molar-refractivity contribution >= 4 is 41.8 Å². The van der Waals surface area contributed by atoms with Crippen LogP contribution in [0.2, 0.25) is 0 Å². The zero-order valence-electron chi connectivity index (χ0n) is 26.0. The first-order chi connectivity index (χ1) is 21.0. The van der Waals surface area contributed by atoms with E-state index in [1.165, 1.54) is 7.11 Å². The second kappa shape index (κ2) is 17.0. The molecule has 10 atom stereocenters. The molecule has 18 nitrogen and oxygen atoms in total. The summed E-state index contributed by atoms with van der Waals surface area (Å²) < 4.78 is 60.6. The van der Waals surface area contributed by atoms with Gasteiger partial charge in [-0.15, -0.1) is 0 Å². The van der Waals surface area contributed by atoms with Gasteiger partial charge in [-0.1, -0.05) is 0 Å². The first-order valence-corrected chi connectivity index (χ1v) is 13.7. The van der Waals surface area contributed by atoms with Crippen LogP contribution in [0.1, 0.15) is 48.5 Å². The van der Waals surface area contributed by atoms with Gasteiger partial charge in [0.25, 0.3) is 0 Å². The lowest BCUT2D eigenvalue weighted by molar-refractivity contribution is -0.359. The van der Waals surface area contributed by atoms with Crippen molar-refractivity contribution in [1.82, 2.24) is 0 Å². The molecule has 0 amide bonds. The van der Waals surface area contributed by atoms with Gasteiger partial charge in [0, 0.05) is 55.6 Å². The Balaban J connectivity index is 2.69. The van der Waals surface area contributed by atoms with E-state index in [0.717, 1.165) is 48.5 Å². The fourth-order valence-corrected chi connectivity index (χ4v) is 4.66. The number of carbonyl (C=O) groups excluding carboxylic acids is 7. The van der Waals surface area contributed by atoms with Crippen LogP contribution in [0.4, 0.5) is 0 Å². The maximum Gasteiger partial charge on any atom is 0.303 e. The third kappa shape index (κ3) is 11.2. The minimum absolute atomic E-state index is 0.504. The molecule has 2 fully saturated rings. The van der Waals surface area contributed by atoms with Crippen LogP contribution in [0.25, 0.3) is 0 Å². The first-order valence-electron chi connectivity index (χ1n) is 13.7. The molecule has 0 unspecified atom stereocenters. The third-order valence-electron chi connectivity index (χ3n) is 6.12. The average molecular weight is 651 g/mol. The second-order valence-corrected chi connectivity index (χ2v) is 9.90. The Morgan fingerprint density at radius 3 is 1.18 bits per heavy atom. The Labute approximate surface area is 258 Å². The molecule has 45 heavy (non-hydrogen) atoms. The van der Waals surface area contributed by atoms with E-state index < -0.39 is 116 Å². The lowest BCUT2D eigenvalue weighted by Gasteiger charge is -2.48. The molecule has 254 valence electrons. The van der Waals surface area contributed by atoms with Crippen LogP contribution >= 0.6 is 0 Å². The molecule has 0 radical (unpaired) electrons. The largest absolute Gasteiger partial charge is 0.463 e. The molecular weight excluding hydrogens is 612 g/mol. The van der Waals surface area contributed by atoms with Gasteiger partial charge in [-0.25, -0.2) is 0 Å². The number of rotatable bonds is 12. The predicted molar refractivity (Wildman–Crippen MR) is 140 cm³/mol. The van der Waals surface area contributed by atoms with Gasteiger partial charge in [-0.3, -0.25) is 33.6 Å². The van der Waals surface area contributed by atoms with E-state index in [1.807, 2.05) is 0 Å². The Kier molecular flexibility index (Phi) is 14.1. The van der Waals surface area contributed by atoms with Gasteiger partial charge in [-0.05, 0) is 0 Å². The van der Waals surface area contributed by atoms with Crippen molar-refractivity contribution in [2.24, 2.45) is 0 Å². The van der Waals surface area contributed by atoms with E-state index in [4.69, 9.17) is 52.1 Å². The van der Waals surface area contributed by atoms with Gasteiger partial charge in [0.1, 0.15) is 31.5 Å². The van der Waals surface area contributed by atoms with Gasteiger partial charge in [0.2, 0.25) is 0 Å². The Morgan fingerprint density at radius 1 is 0.444 bits per heavy atom. The zero-order chi connectivity index (χ0) is 34.0. The SMILES string of the molecule is CO[C@@H]1O[C@H](COC(C)=O)[C@@H](O[C@@H]2O[C@H](COC(C)=O)[C@H](OC(C)=O)[C@H](OC(C)=O)[C@H]2OC(C)=O)[C@H](OC(C)=O)[C@H]1OC(C)=O. The average Bonchev–Trinajstić information content (AvgIpc) is 2.90. The summed E-state index contributed by atoms with van der Waals surface area (Å²) in [4.78, 5) is 84.0. The Bertz CT molecular complexity index is 1110. The number of hydrogen-bond acceptors (Lipinski definition) is 18. The lowest BCUT2D eigenvalue weighted by Crippen LogP contribution is -2.67. The van der Waals surface area contributed by atoms with Crippen molar-refractivity contribution in [2.75, 3.05) is 20.3 Å². The molecule has 0 aromatic heterocycles. The summed E-state index contributed by atoms with van der Waals surface area (Å²) in [7, 11) is 1.22. The summed E-state index contributed by atoms with van der Waals surface area (Å²) in [5.41, 5.74) is 0. The third-order valence-corrected chi connectivity index (χ3v) is 6.12. The van der Waals surface area contributed by atoms with E-state index in [9.17, 15) is 33.6 Å². The maximum absolute atomic E-state index is 12.2. The van der Waals surface area contributed by atoms with Crippen LogP contribution in [0.5, 0.6) is 0 Å². The predicted octanol–water partition coefficient (Wildman–Crippen LogP) is -0.747. The van der Waals surface area contributed by atoms with Crippen LogP contribution < -0.4 is 0 Å². The first kappa shape index (κ1) is 37.3. The molecule has 0 N–H and O–H groups in total. The summed E-state index contributed by atoms with van der Waals surface area (Å²) in [6.07, 6.45) is -15.0. The number of methoxy groups -OCH3 is 1. The summed E-state index contributed by atoms with van der Waals surface area (Å²) in [5.74, 6) is -5.76. The number of carbonyl (C=O) groups is 7. The summed E-state index contributed by atoms with van der Waals surface area (Å²) in [5, 5.41) is 0. The van der Waals surface area contributed by atoms with E-state index >= 15 is 0 Å². The topological polar surface area (TPSA) is 221 Å².